The fourth-order valence-electron chi connectivity index (χ4n) is 1.63. The molecule has 1 aliphatic rings. The van der Waals surface area contributed by atoms with Gasteiger partial charge in [-0.2, -0.15) is 0 Å². The third-order valence-electron chi connectivity index (χ3n) is 2.77. The van der Waals surface area contributed by atoms with Crippen LogP contribution in [-0.4, -0.2) is 25.5 Å². The molecule has 3 heteroatoms. The summed E-state index contributed by atoms with van der Waals surface area (Å²) < 4.78 is 0. The number of carbonyl (C=O) groups excluding carboxylic acids is 1. The van der Waals surface area contributed by atoms with E-state index >= 15 is 0 Å². The molecule has 78 valence electrons. The van der Waals surface area contributed by atoms with Gasteiger partial charge in [-0.05, 0) is 32.9 Å². The first-order valence-corrected chi connectivity index (χ1v) is 5.08. The topological polar surface area (TPSA) is 41.1 Å². The van der Waals surface area contributed by atoms with Crippen molar-refractivity contribution in [3.05, 3.63) is 0 Å². The molecule has 1 fully saturated rings. The highest BCUT2D eigenvalue weighted by atomic mass is 16.2. The molecule has 1 amide bonds. The molecule has 1 rings (SSSR count). The summed E-state index contributed by atoms with van der Waals surface area (Å²) in [5, 5.41) is 6.11. The minimum atomic E-state index is -0.194. The van der Waals surface area contributed by atoms with E-state index in [0.29, 0.717) is 6.54 Å². The Kier molecular flexibility index (Phi) is 3.97. The predicted octanol–water partition coefficient (Wildman–Crippen LogP) is 0.516. The van der Waals surface area contributed by atoms with Crippen molar-refractivity contribution in [3.8, 4) is 11.8 Å². The summed E-state index contributed by atoms with van der Waals surface area (Å²) in [6, 6.07) is 0. The van der Waals surface area contributed by atoms with Crippen LogP contribution in [0.1, 0.15) is 26.7 Å². The number of nitrogens with one attached hydrogen (secondary N) is 2. The van der Waals surface area contributed by atoms with E-state index in [4.69, 9.17) is 0 Å². The first kappa shape index (κ1) is 11.1. The molecule has 0 saturated carbocycles. The van der Waals surface area contributed by atoms with E-state index < -0.39 is 0 Å². The molecule has 0 atom stereocenters. The van der Waals surface area contributed by atoms with Gasteiger partial charge in [0.2, 0.25) is 5.91 Å². The first-order valence-electron chi connectivity index (χ1n) is 5.08. The number of amides is 1. The summed E-state index contributed by atoms with van der Waals surface area (Å²) >= 11 is 0. The SMILES string of the molecule is CC#CCNC(=O)C1(C)CCNCC1. The van der Waals surface area contributed by atoms with Crippen molar-refractivity contribution in [2.75, 3.05) is 19.6 Å². The lowest BCUT2D eigenvalue weighted by Crippen LogP contribution is -2.45. The monoisotopic (exact) mass is 194 g/mol. The second kappa shape index (κ2) is 5.02. The van der Waals surface area contributed by atoms with Crippen LogP contribution in [0.4, 0.5) is 0 Å². The summed E-state index contributed by atoms with van der Waals surface area (Å²) in [5.74, 6) is 5.74. The van der Waals surface area contributed by atoms with Crippen LogP contribution in [0.2, 0.25) is 0 Å². The highest BCUT2D eigenvalue weighted by molar-refractivity contribution is 5.82. The molecular formula is C11H18N2O. The molecule has 0 radical (unpaired) electrons. The normalized spacial score (nSPS) is 19.3. The zero-order valence-electron chi connectivity index (χ0n) is 8.94. The summed E-state index contributed by atoms with van der Waals surface area (Å²) in [6.45, 7) is 6.14. The van der Waals surface area contributed by atoms with Gasteiger partial charge in [-0.1, -0.05) is 12.8 Å². The van der Waals surface area contributed by atoms with Gasteiger partial charge in [-0.15, -0.1) is 5.92 Å². The molecule has 0 spiro atoms. The average molecular weight is 194 g/mol. The third kappa shape index (κ3) is 2.74. The van der Waals surface area contributed by atoms with Gasteiger partial charge >= 0.3 is 0 Å². The van der Waals surface area contributed by atoms with Crippen LogP contribution >= 0.6 is 0 Å². The molecule has 0 aromatic rings. The quantitative estimate of drug-likeness (QED) is 0.629. The van der Waals surface area contributed by atoms with Crippen molar-refractivity contribution >= 4 is 5.91 Å². The lowest BCUT2D eigenvalue weighted by Gasteiger charge is -2.32. The number of piperidine rings is 1. The third-order valence-corrected chi connectivity index (χ3v) is 2.77. The van der Waals surface area contributed by atoms with Crippen LogP contribution < -0.4 is 10.6 Å². The zero-order chi connectivity index (χ0) is 10.4. The van der Waals surface area contributed by atoms with E-state index in [-0.39, 0.29) is 11.3 Å². The highest BCUT2D eigenvalue weighted by Gasteiger charge is 2.33. The lowest BCUT2D eigenvalue weighted by atomic mass is 9.80. The summed E-state index contributed by atoms with van der Waals surface area (Å²) in [4.78, 5) is 11.8. The van der Waals surface area contributed by atoms with Crippen LogP contribution in [0.5, 0.6) is 0 Å². The second-order valence-corrected chi connectivity index (χ2v) is 3.92. The van der Waals surface area contributed by atoms with E-state index in [1.54, 1.807) is 6.92 Å². The van der Waals surface area contributed by atoms with Gasteiger partial charge in [-0.3, -0.25) is 4.79 Å². The minimum Gasteiger partial charge on any atom is -0.345 e. The average Bonchev–Trinajstić information content (AvgIpc) is 2.19. The van der Waals surface area contributed by atoms with Crippen LogP contribution in [-0.2, 0) is 4.79 Å². The molecule has 2 N–H and O–H groups in total. The van der Waals surface area contributed by atoms with Crippen LogP contribution in [0.3, 0.4) is 0 Å². The Balaban J connectivity index is 2.43. The Morgan fingerprint density at radius 3 is 2.71 bits per heavy atom. The standard InChI is InChI=1S/C11H18N2O/c1-3-4-7-13-10(14)11(2)5-8-12-9-6-11/h12H,5-9H2,1-2H3,(H,13,14). The van der Waals surface area contributed by atoms with Crippen molar-refractivity contribution in [2.24, 2.45) is 5.41 Å². The van der Waals surface area contributed by atoms with Crippen LogP contribution in [0, 0.1) is 17.3 Å². The van der Waals surface area contributed by atoms with Crippen LogP contribution in [0.25, 0.3) is 0 Å². The lowest BCUT2D eigenvalue weighted by molar-refractivity contribution is -0.131. The zero-order valence-corrected chi connectivity index (χ0v) is 8.94. The van der Waals surface area contributed by atoms with Crippen molar-refractivity contribution in [1.29, 1.82) is 0 Å². The number of rotatable bonds is 2. The Hall–Kier alpha value is -1.01. The molecule has 1 saturated heterocycles. The van der Waals surface area contributed by atoms with Gasteiger partial charge in [0, 0.05) is 5.41 Å². The first-order chi connectivity index (χ1) is 6.69. The molecule has 1 aliphatic heterocycles. The predicted molar refractivity (Wildman–Crippen MR) is 56.7 cm³/mol. The summed E-state index contributed by atoms with van der Waals surface area (Å²) in [7, 11) is 0. The minimum absolute atomic E-state index is 0.141. The highest BCUT2D eigenvalue weighted by Crippen LogP contribution is 2.27. The van der Waals surface area contributed by atoms with Crippen LogP contribution in [0.15, 0.2) is 0 Å². The van der Waals surface area contributed by atoms with Gasteiger partial charge in [-0.25, -0.2) is 0 Å². The second-order valence-electron chi connectivity index (χ2n) is 3.92. The maximum absolute atomic E-state index is 11.8. The molecular weight excluding hydrogens is 176 g/mol. The van der Waals surface area contributed by atoms with E-state index in [1.807, 2.05) is 6.92 Å². The van der Waals surface area contributed by atoms with E-state index in [2.05, 4.69) is 22.5 Å². The van der Waals surface area contributed by atoms with E-state index in [1.165, 1.54) is 0 Å². The van der Waals surface area contributed by atoms with E-state index in [9.17, 15) is 4.79 Å². The van der Waals surface area contributed by atoms with Crippen molar-refractivity contribution in [3.63, 3.8) is 0 Å². The Labute approximate surface area is 85.6 Å². The Bertz CT molecular complexity index is 256. The maximum Gasteiger partial charge on any atom is 0.226 e. The number of hydrogen-bond acceptors (Lipinski definition) is 2. The number of hydrogen-bond donors (Lipinski definition) is 2. The Morgan fingerprint density at radius 2 is 2.14 bits per heavy atom. The molecule has 1 heterocycles. The van der Waals surface area contributed by atoms with Gasteiger partial charge in [0.05, 0.1) is 6.54 Å². The Morgan fingerprint density at radius 1 is 1.50 bits per heavy atom. The van der Waals surface area contributed by atoms with E-state index in [0.717, 1.165) is 25.9 Å². The molecule has 0 aliphatic carbocycles. The molecule has 3 nitrogen and oxygen atoms in total. The van der Waals surface area contributed by atoms with Crippen molar-refractivity contribution in [1.82, 2.24) is 10.6 Å². The molecule has 14 heavy (non-hydrogen) atoms. The molecule has 0 unspecified atom stereocenters. The fraction of sp³-hybridized carbons (Fsp3) is 0.727. The maximum atomic E-state index is 11.8. The number of carbonyl (C=O) groups is 1. The molecule has 0 aromatic heterocycles. The van der Waals surface area contributed by atoms with Gasteiger partial charge in [0.15, 0.2) is 0 Å². The smallest absolute Gasteiger partial charge is 0.226 e. The van der Waals surface area contributed by atoms with Gasteiger partial charge in [0.25, 0.3) is 0 Å². The van der Waals surface area contributed by atoms with Crippen molar-refractivity contribution in [2.45, 2.75) is 26.7 Å². The van der Waals surface area contributed by atoms with Gasteiger partial charge in [0.1, 0.15) is 0 Å². The molecule has 0 aromatic carbocycles. The fourth-order valence-corrected chi connectivity index (χ4v) is 1.63. The summed E-state index contributed by atoms with van der Waals surface area (Å²) in [5.41, 5.74) is -0.194. The van der Waals surface area contributed by atoms with Crippen molar-refractivity contribution < 1.29 is 4.79 Å². The summed E-state index contributed by atoms with van der Waals surface area (Å²) in [6.07, 6.45) is 1.83. The van der Waals surface area contributed by atoms with Gasteiger partial charge < -0.3 is 10.6 Å². The largest absolute Gasteiger partial charge is 0.345 e. The molecule has 0 bridgehead atoms.